The lowest BCUT2D eigenvalue weighted by Crippen LogP contribution is -2.35. The summed E-state index contributed by atoms with van der Waals surface area (Å²) in [5, 5.41) is 0. The standard InChI is InChI=1S/C74H104N8/c1-65(2,3)45-31-33-51-53(35-45)81(49-41-59(71(19,20)21)77-60(42-49)72(22,23)24)63(79(51)47-37-55(67(7,8)9)75-56(38-47)68(10,11)12)64-80(48-39-57(69(13,14)15)76-58(40-48)70(16,17)18)52-34-32-46(66(4,5)6)36-54(52)82(64)50-43-61(73(25,26)27)78-62(44-50)74(28,29)30/h31-44H,1-30H3/b64-63+. The Morgan fingerprint density at radius 2 is 0.378 bits per heavy atom. The summed E-state index contributed by atoms with van der Waals surface area (Å²) in [6.45, 7) is 69.0. The van der Waals surface area contributed by atoms with Crippen LogP contribution < -0.4 is 19.6 Å². The molecule has 0 fully saturated rings. The van der Waals surface area contributed by atoms with E-state index in [0.717, 1.165) is 103 Å². The SMILES string of the molecule is CC(C)(C)c1ccc2c(c1)N(c1cc(C(C)(C)C)nc(C(C)(C)C)c1)/C(=C1\N(c3cc(C(C)(C)C)nc(C(C)(C)C)c3)c3ccc(C(C)(C)C)cc3N1c1cc(C(C)(C)C)nc(C(C)(C)C)c1)N2c1cc(C(C)(C)C)nc(C(C)(C)C)c1. The topological polar surface area (TPSA) is 64.5 Å². The van der Waals surface area contributed by atoms with Crippen LogP contribution in [0.1, 0.15) is 264 Å². The molecule has 0 amide bonds. The van der Waals surface area contributed by atoms with Gasteiger partial charge in [0.2, 0.25) is 0 Å². The van der Waals surface area contributed by atoms with E-state index < -0.39 is 0 Å². The molecule has 0 unspecified atom stereocenters. The first-order valence-corrected chi connectivity index (χ1v) is 30.3. The number of rotatable bonds is 4. The van der Waals surface area contributed by atoms with Crippen LogP contribution in [0.5, 0.6) is 0 Å². The fourth-order valence-corrected chi connectivity index (χ4v) is 10.5. The van der Waals surface area contributed by atoms with Crippen molar-refractivity contribution in [3.05, 3.63) is 153 Å². The first-order valence-electron chi connectivity index (χ1n) is 30.3. The Morgan fingerprint density at radius 3 is 0.537 bits per heavy atom. The molecule has 0 bridgehead atoms. The Bertz CT molecular complexity index is 3100. The maximum atomic E-state index is 5.56. The van der Waals surface area contributed by atoms with Crippen molar-refractivity contribution in [2.75, 3.05) is 19.6 Å². The monoisotopic (exact) mass is 1100 g/mol. The van der Waals surface area contributed by atoms with Crippen LogP contribution in [0.2, 0.25) is 0 Å². The Hall–Kier alpha value is -6.02. The molecule has 440 valence electrons. The Morgan fingerprint density at radius 1 is 0.207 bits per heavy atom. The summed E-state index contributed by atoms with van der Waals surface area (Å²) in [6.07, 6.45) is 0. The van der Waals surface area contributed by atoms with Gasteiger partial charge < -0.3 is 0 Å². The third-order valence-electron chi connectivity index (χ3n) is 16.1. The van der Waals surface area contributed by atoms with Gasteiger partial charge in [-0.2, -0.15) is 0 Å². The van der Waals surface area contributed by atoms with Gasteiger partial charge in [0, 0.05) is 88.9 Å². The first kappa shape index (κ1) is 62.0. The van der Waals surface area contributed by atoms with Crippen LogP contribution in [-0.4, -0.2) is 19.9 Å². The van der Waals surface area contributed by atoms with Crippen LogP contribution >= 0.6 is 0 Å². The molecule has 8 rings (SSSR count). The van der Waals surface area contributed by atoms with Crippen molar-refractivity contribution in [2.45, 2.75) is 262 Å². The number of pyridine rings is 4. The molecule has 6 heterocycles. The van der Waals surface area contributed by atoms with Crippen molar-refractivity contribution in [1.29, 1.82) is 0 Å². The average Bonchev–Trinajstić information content (AvgIpc) is 1.75. The number of hydrogen-bond acceptors (Lipinski definition) is 8. The molecule has 8 heteroatoms. The molecule has 6 aromatic rings. The van der Waals surface area contributed by atoms with Gasteiger partial charge in [-0.25, -0.2) is 0 Å². The molecular formula is C74H104N8. The molecular weight excluding hydrogens is 1000 g/mol. The van der Waals surface area contributed by atoms with E-state index in [2.05, 4.69) is 312 Å². The summed E-state index contributed by atoms with van der Waals surface area (Å²) in [4.78, 5) is 32.6. The lowest BCUT2D eigenvalue weighted by molar-refractivity contribution is 0.530. The average molecular weight is 1110 g/mol. The summed E-state index contributed by atoms with van der Waals surface area (Å²) < 4.78 is 0. The molecule has 0 N–H and O–H groups in total. The summed E-state index contributed by atoms with van der Waals surface area (Å²) in [5.74, 6) is 1.98. The number of benzene rings is 2. The van der Waals surface area contributed by atoms with E-state index in [1.54, 1.807) is 0 Å². The van der Waals surface area contributed by atoms with Crippen LogP contribution in [0.25, 0.3) is 0 Å². The maximum absolute atomic E-state index is 5.56. The van der Waals surface area contributed by atoms with E-state index in [1.807, 2.05) is 0 Å². The zero-order chi connectivity index (χ0) is 61.6. The lowest BCUT2D eigenvalue weighted by atomic mass is 9.86. The van der Waals surface area contributed by atoms with Crippen molar-refractivity contribution in [3.8, 4) is 0 Å². The van der Waals surface area contributed by atoms with Crippen molar-refractivity contribution < 1.29 is 0 Å². The highest BCUT2D eigenvalue weighted by molar-refractivity contribution is 6.00. The van der Waals surface area contributed by atoms with Crippen molar-refractivity contribution in [2.24, 2.45) is 0 Å². The second-order valence-corrected chi connectivity index (χ2v) is 34.3. The summed E-state index contributed by atoms with van der Waals surface area (Å²) in [5.41, 5.74) is 16.9. The zero-order valence-electron chi connectivity index (χ0n) is 56.7. The van der Waals surface area contributed by atoms with Crippen LogP contribution in [-0.2, 0) is 54.1 Å². The quantitative estimate of drug-likeness (QED) is 0.173. The van der Waals surface area contributed by atoms with Gasteiger partial charge in [-0.15, -0.1) is 0 Å². The molecule has 0 aliphatic carbocycles. The Labute approximate surface area is 497 Å². The van der Waals surface area contributed by atoms with Crippen molar-refractivity contribution in [3.63, 3.8) is 0 Å². The molecule has 2 aliphatic heterocycles. The fourth-order valence-electron chi connectivity index (χ4n) is 10.5. The molecule has 0 atom stereocenters. The van der Waals surface area contributed by atoms with Gasteiger partial charge in [0.05, 0.1) is 45.5 Å². The molecule has 0 spiro atoms. The van der Waals surface area contributed by atoms with E-state index in [1.165, 1.54) is 11.1 Å². The molecule has 82 heavy (non-hydrogen) atoms. The van der Waals surface area contributed by atoms with Crippen LogP contribution in [0, 0.1) is 0 Å². The van der Waals surface area contributed by atoms with Gasteiger partial charge in [0.25, 0.3) is 0 Å². The second kappa shape index (κ2) is 19.8. The predicted octanol–water partition coefficient (Wildman–Crippen LogP) is 20.6. The minimum absolute atomic E-state index is 0.166. The van der Waals surface area contributed by atoms with Gasteiger partial charge in [0.1, 0.15) is 0 Å². The summed E-state index contributed by atoms with van der Waals surface area (Å²) >= 11 is 0. The highest BCUT2D eigenvalue weighted by atomic mass is 15.5. The van der Waals surface area contributed by atoms with Crippen molar-refractivity contribution >= 4 is 45.5 Å². The van der Waals surface area contributed by atoms with Gasteiger partial charge in [-0.1, -0.05) is 220 Å². The van der Waals surface area contributed by atoms with E-state index >= 15 is 0 Å². The van der Waals surface area contributed by atoms with Crippen LogP contribution in [0.15, 0.2) is 96.6 Å². The van der Waals surface area contributed by atoms with Crippen molar-refractivity contribution in [1.82, 2.24) is 19.9 Å². The van der Waals surface area contributed by atoms with Crippen LogP contribution in [0.3, 0.4) is 0 Å². The van der Waals surface area contributed by atoms with Gasteiger partial charge in [-0.3, -0.25) is 39.5 Å². The molecule has 4 aromatic heterocycles. The number of anilines is 8. The Kier molecular flexibility index (Phi) is 15.0. The fraction of sp³-hybridized carbons (Fsp3) is 0.541. The molecule has 0 saturated heterocycles. The molecule has 2 aliphatic rings. The minimum Gasteiger partial charge on any atom is -0.291 e. The smallest absolute Gasteiger partial charge is 0.166 e. The van der Waals surface area contributed by atoms with Crippen LogP contribution in [0.4, 0.5) is 45.5 Å². The van der Waals surface area contributed by atoms with E-state index in [4.69, 9.17) is 19.9 Å². The summed E-state index contributed by atoms with van der Waals surface area (Å²) in [6, 6.07) is 33.4. The number of nitrogens with zero attached hydrogens (tertiary/aromatic N) is 8. The zero-order valence-corrected chi connectivity index (χ0v) is 56.7. The van der Waals surface area contributed by atoms with E-state index in [9.17, 15) is 0 Å². The maximum Gasteiger partial charge on any atom is 0.166 e. The second-order valence-electron chi connectivity index (χ2n) is 34.3. The van der Waals surface area contributed by atoms with E-state index in [-0.39, 0.29) is 54.1 Å². The minimum atomic E-state index is -0.272. The van der Waals surface area contributed by atoms with Gasteiger partial charge in [0.15, 0.2) is 11.6 Å². The Balaban J connectivity index is 1.76. The third-order valence-corrected chi connectivity index (χ3v) is 16.1. The van der Waals surface area contributed by atoms with Gasteiger partial charge in [-0.05, 0) is 94.8 Å². The summed E-state index contributed by atoms with van der Waals surface area (Å²) in [7, 11) is 0. The first-order chi connectivity index (χ1) is 37.0. The highest BCUT2D eigenvalue weighted by Gasteiger charge is 2.47. The number of aromatic nitrogens is 4. The largest absolute Gasteiger partial charge is 0.291 e. The molecule has 8 nitrogen and oxygen atoms in total. The normalized spacial score (nSPS) is 16.2. The molecule has 2 aromatic carbocycles. The number of fused-ring (bicyclic) bond motifs is 2. The number of hydrogen-bond donors (Lipinski definition) is 0. The predicted molar refractivity (Wildman–Crippen MR) is 352 cm³/mol. The van der Waals surface area contributed by atoms with E-state index in [0.29, 0.717) is 0 Å². The third kappa shape index (κ3) is 12.2. The highest BCUT2D eigenvalue weighted by Crippen LogP contribution is 2.59. The van der Waals surface area contributed by atoms with Gasteiger partial charge >= 0.3 is 0 Å². The lowest BCUT2D eigenvalue weighted by Gasteiger charge is -2.36. The molecule has 0 saturated carbocycles. The molecule has 0 radical (unpaired) electrons.